The number of hydrogen-bond acceptors (Lipinski definition) is 3. The van der Waals surface area contributed by atoms with Crippen molar-refractivity contribution in [1.29, 1.82) is 0 Å². The van der Waals surface area contributed by atoms with Crippen LogP contribution in [-0.2, 0) is 0 Å². The van der Waals surface area contributed by atoms with Gasteiger partial charge in [0.05, 0.1) is 5.60 Å². The summed E-state index contributed by atoms with van der Waals surface area (Å²) in [5, 5.41) is 14.3. The van der Waals surface area contributed by atoms with Gasteiger partial charge in [-0.1, -0.05) is 24.3 Å². The minimum Gasteiger partial charge on any atom is -0.385 e. The Morgan fingerprint density at radius 3 is 2.72 bits per heavy atom. The molecule has 2 heterocycles. The first kappa shape index (κ1) is 11.8. The highest BCUT2D eigenvalue weighted by Gasteiger charge is 2.36. The second kappa shape index (κ2) is 4.41. The van der Waals surface area contributed by atoms with Gasteiger partial charge in [-0.15, -0.1) is 0 Å². The van der Waals surface area contributed by atoms with Gasteiger partial charge in [0.1, 0.15) is 0 Å². The molecule has 3 heteroatoms. The number of aliphatic hydroxyl groups is 1. The second-order valence-electron chi connectivity index (χ2n) is 5.38. The van der Waals surface area contributed by atoms with Gasteiger partial charge in [0.15, 0.2) is 0 Å². The molecule has 0 atom stereocenters. The van der Waals surface area contributed by atoms with Gasteiger partial charge in [0, 0.05) is 30.9 Å². The highest BCUT2D eigenvalue weighted by molar-refractivity contribution is 5.83. The number of nitrogens with one attached hydrogen (secondary N) is 1. The molecule has 3 rings (SSSR count). The number of likely N-dealkylation sites (tertiary alicyclic amines) is 1. The number of hydrogen-bond donors (Lipinski definition) is 2. The third kappa shape index (κ3) is 1.93. The van der Waals surface area contributed by atoms with E-state index in [1.807, 2.05) is 12.1 Å². The van der Waals surface area contributed by atoms with Crippen LogP contribution >= 0.6 is 0 Å². The van der Waals surface area contributed by atoms with Gasteiger partial charge < -0.3 is 15.3 Å². The average molecular weight is 244 g/mol. The normalized spacial score (nSPS) is 22.9. The number of para-hydroxylation sites is 1. The van der Waals surface area contributed by atoms with Gasteiger partial charge in [0.2, 0.25) is 0 Å². The minimum atomic E-state index is -0.648. The SMILES string of the molecule is CN1CCC(O)(C2=CCNc3ccccc32)CC1. The highest BCUT2D eigenvalue weighted by Crippen LogP contribution is 2.40. The smallest absolute Gasteiger partial charge is 0.0925 e. The van der Waals surface area contributed by atoms with Crippen LogP contribution in [0.5, 0.6) is 0 Å². The Morgan fingerprint density at radius 2 is 1.94 bits per heavy atom. The summed E-state index contributed by atoms with van der Waals surface area (Å²) in [6.07, 6.45) is 3.79. The van der Waals surface area contributed by atoms with Gasteiger partial charge in [0.25, 0.3) is 0 Å². The quantitative estimate of drug-likeness (QED) is 0.792. The molecule has 0 radical (unpaired) electrons. The lowest BCUT2D eigenvalue weighted by Gasteiger charge is -2.40. The second-order valence-corrected chi connectivity index (χ2v) is 5.38. The van der Waals surface area contributed by atoms with Crippen molar-refractivity contribution in [3.63, 3.8) is 0 Å². The zero-order chi connectivity index (χ0) is 12.6. The van der Waals surface area contributed by atoms with E-state index in [0.717, 1.165) is 49.3 Å². The number of piperidine rings is 1. The van der Waals surface area contributed by atoms with E-state index in [1.54, 1.807) is 0 Å². The molecule has 0 aromatic heterocycles. The molecule has 96 valence electrons. The molecule has 0 amide bonds. The van der Waals surface area contributed by atoms with E-state index in [1.165, 1.54) is 0 Å². The maximum atomic E-state index is 10.9. The molecule has 1 aromatic rings. The molecule has 2 aliphatic heterocycles. The Hall–Kier alpha value is -1.32. The molecule has 18 heavy (non-hydrogen) atoms. The Balaban J connectivity index is 1.95. The molecule has 0 aliphatic carbocycles. The van der Waals surface area contributed by atoms with Crippen LogP contribution in [0.3, 0.4) is 0 Å². The first-order chi connectivity index (χ1) is 8.69. The van der Waals surface area contributed by atoms with Crippen molar-refractivity contribution in [2.24, 2.45) is 0 Å². The largest absolute Gasteiger partial charge is 0.385 e. The molecule has 2 N–H and O–H groups in total. The summed E-state index contributed by atoms with van der Waals surface area (Å²) in [6, 6.07) is 8.26. The van der Waals surface area contributed by atoms with Crippen LogP contribution < -0.4 is 5.32 Å². The fourth-order valence-electron chi connectivity index (χ4n) is 2.94. The Labute approximate surface area is 108 Å². The summed E-state index contributed by atoms with van der Waals surface area (Å²) in [5.74, 6) is 0. The number of anilines is 1. The monoisotopic (exact) mass is 244 g/mol. The molecule has 3 nitrogen and oxygen atoms in total. The van der Waals surface area contributed by atoms with Crippen LogP contribution in [-0.4, -0.2) is 42.3 Å². The Bertz CT molecular complexity index is 473. The average Bonchev–Trinajstić information content (AvgIpc) is 2.42. The maximum absolute atomic E-state index is 10.9. The van der Waals surface area contributed by atoms with Crippen LogP contribution in [0.1, 0.15) is 18.4 Å². The lowest BCUT2D eigenvalue weighted by Crippen LogP contribution is -2.44. The molecule has 0 unspecified atom stereocenters. The van der Waals surface area contributed by atoms with Gasteiger partial charge in [-0.3, -0.25) is 0 Å². The Kier molecular flexibility index (Phi) is 2.88. The molecule has 2 aliphatic rings. The molecular formula is C15H20N2O. The molecule has 0 spiro atoms. The summed E-state index contributed by atoms with van der Waals surface area (Å²) in [4.78, 5) is 2.28. The van der Waals surface area contributed by atoms with Crippen molar-refractivity contribution in [2.75, 3.05) is 32.0 Å². The van der Waals surface area contributed by atoms with Crippen LogP contribution in [0.2, 0.25) is 0 Å². The van der Waals surface area contributed by atoms with Crippen molar-refractivity contribution in [2.45, 2.75) is 18.4 Å². The van der Waals surface area contributed by atoms with Crippen LogP contribution in [0.15, 0.2) is 30.3 Å². The van der Waals surface area contributed by atoms with Crippen molar-refractivity contribution in [3.8, 4) is 0 Å². The predicted molar refractivity (Wildman–Crippen MR) is 74.6 cm³/mol. The van der Waals surface area contributed by atoms with Gasteiger partial charge in [-0.2, -0.15) is 0 Å². The lowest BCUT2D eigenvalue weighted by molar-refractivity contribution is 0.0352. The van der Waals surface area contributed by atoms with Gasteiger partial charge in [-0.05, 0) is 31.5 Å². The summed E-state index contributed by atoms with van der Waals surface area (Å²) in [5.41, 5.74) is 2.77. The third-order valence-electron chi connectivity index (χ3n) is 4.13. The third-order valence-corrected chi connectivity index (χ3v) is 4.13. The fourth-order valence-corrected chi connectivity index (χ4v) is 2.94. The van der Waals surface area contributed by atoms with Crippen molar-refractivity contribution >= 4 is 11.3 Å². The molecule has 1 aromatic carbocycles. The lowest BCUT2D eigenvalue weighted by atomic mass is 9.79. The van der Waals surface area contributed by atoms with Crippen molar-refractivity contribution < 1.29 is 5.11 Å². The predicted octanol–water partition coefficient (Wildman–Crippen LogP) is 1.95. The van der Waals surface area contributed by atoms with E-state index < -0.39 is 5.60 Å². The molecule has 0 saturated carbocycles. The topological polar surface area (TPSA) is 35.5 Å². The van der Waals surface area contributed by atoms with E-state index in [4.69, 9.17) is 0 Å². The molecular weight excluding hydrogens is 224 g/mol. The molecule has 0 bridgehead atoms. The van der Waals surface area contributed by atoms with Crippen LogP contribution in [0.25, 0.3) is 5.57 Å². The first-order valence-corrected chi connectivity index (χ1v) is 6.64. The summed E-state index contributed by atoms with van der Waals surface area (Å²) < 4.78 is 0. The van der Waals surface area contributed by atoms with Gasteiger partial charge in [-0.25, -0.2) is 0 Å². The summed E-state index contributed by atoms with van der Waals surface area (Å²) >= 11 is 0. The van der Waals surface area contributed by atoms with E-state index in [2.05, 4.69) is 35.5 Å². The van der Waals surface area contributed by atoms with Crippen LogP contribution in [0, 0.1) is 0 Å². The zero-order valence-electron chi connectivity index (χ0n) is 10.8. The summed E-state index contributed by atoms with van der Waals surface area (Å²) in [7, 11) is 2.12. The molecule has 1 saturated heterocycles. The first-order valence-electron chi connectivity index (χ1n) is 6.64. The van der Waals surface area contributed by atoms with Crippen molar-refractivity contribution in [3.05, 3.63) is 35.9 Å². The van der Waals surface area contributed by atoms with E-state index in [9.17, 15) is 5.11 Å². The molecule has 1 fully saturated rings. The highest BCUT2D eigenvalue weighted by atomic mass is 16.3. The van der Waals surface area contributed by atoms with E-state index in [0.29, 0.717) is 0 Å². The summed E-state index contributed by atoms with van der Waals surface area (Å²) in [6.45, 7) is 2.73. The standard InChI is InChI=1S/C15H20N2O/c1-17-10-7-15(18,8-11-17)13-6-9-16-14-5-3-2-4-12(13)14/h2-6,16,18H,7-11H2,1H3. The number of nitrogens with zero attached hydrogens (tertiary/aromatic N) is 1. The number of fused-ring (bicyclic) bond motifs is 1. The maximum Gasteiger partial charge on any atom is 0.0925 e. The fraction of sp³-hybridized carbons (Fsp3) is 0.467. The number of benzene rings is 1. The van der Waals surface area contributed by atoms with Crippen LogP contribution in [0.4, 0.5) is 5.69 Å². The zero-order valence-corrected chi connectivity index (χ0v) is 10.8. The Morgan fingerprint density at radius 1 is 1.22 bits per heavy atom. The van der Waals surface area contributed by atoms with E-state index >= 15 is 0 Å². The van der Waals surface area contributed by atoms with E-state index in [-0.39, 0.29) is 0 Å². The van der Waals surface area contributed by atoms with Gasteiger partial charge >= 0.3 is 0 Å². The minimum absolute atomic E-state index is 0.648. The number of rotatable bonds is 1. The van der Waals surface area contributed by atoms with Crippen molar-refractivity contribution in [1.82, 2.24) is 4.90 Å².